The molecule has 3 saturated carbocycles. The Morgan fingerprint density at radius 1 is 1.46 bits per heavy atom. The first-order valence-electron chi connectivity index (χ1n) is 5.20. The van der Waals surface area contributed by atoms with Gasteiger partial charge < -0.3 is 0 Å². The van der Waals surface area contributed by atoms with Crippen LogP contribution >= 0.6 is 12.2 Å². The molecule has 0 heterocycles. The highest BCUT2D eigenvalue weighted by Crippen LogP contribution is 2.61. The summed E-state index contributed by atoms with van der Waals surface area (Å²) in [6.45, 7) is 5.75. The summed E-state index contributed by atoms with van der Waals surface area (Å²) >= 11 is 4.61. The standard InChI is InChI=1S/C11H17NS/c1-11(2)9-4-3-8(6-12-7-13)10(11)5-9/h8-10H,3-6H2,1-2H3/t8?,9-,10-/m0/s1. The summed E-state index contributed by atoms with van der Waals surface area (Å²) in [5, 5.41) is 2.49. The third-order valence-electron chi connectivity index (χ3n) is 4.39. The molecule has 2 heteroatoms. The lowest BCUT2D eigenvalue weighted by atomic mass is 9.45. The second-order valence-electron chi connectivity index (χ2n) is 5.13. The lowest BCUT2D eigenvalue weighted by Gasteiger charge is -2.60. The van der Waals surface area contributed by atoms with Crippen LogP contribution < -0.4 is 0 Å². The molecular formula is C11H17NS. The van der Waals surface area contributed by atoms with E-state index in [4.69, 9.17) is 0 Å². The Morgan fingerprint density at radius 3 is 2.77 bits per heavy atom. The lowest BCUT2D eigenvalue weighted by Crippen LogP contribution is -2.52. The molecule has 13 heavy (non-hydrogen) atoms. The van der Waals surface area contributed by atoms with Crippen molar-refractivity contribution in [1.82, 2.24) is 0 Å². The van der Waals surface area contributed by atoms with E-state index in [1.165, 1.54) is 19.3 Å². The van der Waals surface area contributed by atoms with Crippen LogP contribution in [-0.2, 0) is 0 Å². The lowest BCUT2D eigenvalue weighted by molar-refractivity contribution is -0.101. The van der Waals surface area contributed by atoms with Crippen LogP contribution in [0.25, 0.3) is 0 Å². The highest BCUT2D eigenvalue weighted by Gasteiger charge is 2.53. The second kappa shape index (κ2) is 3.18. The minimum Gasteiger partial charge on any atom is -0.232 e. The van der Waals surface area contributed by atoms with Crippen LogP contribution in [-0.4, -0.2) is 11.7 Å². The third kappa shape index (κ3) is 1.37. The van der Waals surface area contributed by atoms with Gasteiger partial charge in [0.1, 0.15) is 0 Å². The van der Waals surface area contributed by atoms with Gasteiger partial charge in [-0.1, -0.05) is 13.8 Å². The molecule has 3 aliphatic carbocycles. The first kappa shape index (κ1) is 9.36. The largest absolute Gasteiger partial charge is 0.232 e. The fourth-order valence-corrected chi connectivity index (χ4v) is 3.41. The normalized spacial score (nSPS) is 40.3. The van der Waals surface area contributed by atoms with E-state index in [1.807, 2.05) is 0 Å². The van der Waals surface area contributed by atoms with Gasteiger partial charge in [-0.05, 0) is 54.6 Å². The first-order valence-corrected chi connectivity index (χ1v) is 5.60. The zero-order chi connectivity index (χ0) is 9.47. The van der Waals surface area contributed by atoms with Crippen LogP contribution in [0.4, 0.5) is 0 Å². The topological polar surface area (TPSA) is 12.4 Å². The van der Waals surface area contributed by atoms with Gasteiger partial charge in [-0.15, -0.1) is 0 Å². The van der Waals surface area contributed by atoms with Crippen LogP contribution in [0.3, 0.4) is 0 Å². The molecular weight excluding hydrogens is 178 g/mol. The van der Waals surface area contributed by atoms with Crippen molar-refractivity contribution in [1.29, 1.82) is 0 Å². The van der Waals surface area contributed by atoms with Gasteiger partial charge >= 0.3 is 0 Å². The molecule has 3 rings (SSSR count). The maximum absolute atomic E-state index is 4.61. The fourth-order valence-electron chi connectivity index (χ4n) is 3.34. The van der Waals surface area contributed by atoms with E-state index in [0.717, 1.165) is 24.3 Å². The Kier molecular flexibility index (Phi) is 2.29. The quantitative estimate of drug-likeness (QED) is 0.487. The number of hydrogen-bond acceptors (Lipinski definition) is 2. The van der Waals surface area contributed by atoms with Gasteiger partial charge in [0.15, 0.2) is 0 Å². The van der Waals surface area contributed by atoms with Crippen LogP contribution in [0, 0.1) is 23.2 Å². The predicted octanol–water partition coefficient (Wildman–Crippen LogP) is 3.16. The maximum atomic E-state index is 4.61. The summed E-state index contributed by atoms with van der Waals surface area (Å²) in [6, 6.07) is 0. The van der Waals surface area contributed by atoms with E-state index in [1.54, 1.807) is 0 Å². The van der Waals surface area contributed by atoms with Gasteiger partial charge in [-0.2, -0.15) is 0 Å². The molecule has 1 nitrogen and oxygen atoms in total. The molecule has 1 unspecified atom stereocenters. The van der Waals surface area contributed by atoms with Gasteiger partial charge in [-0.3, -0.25) is 0 Å². The summed E-state index contributed by atoms with van der Waals surface area (Å²) in [6.07, 6.45) is 4.20. The number of thiocarbonyl (C=S) groups is 1. The number of aliphatic imine (C=N–C) groups is 1. The average molecular weight is 195 g/mol. The average Bonchev–Trinajstić information content (AvgIpc) is 2.14. The van der Waals surface area contributed by atoms with E-state index in [0.29, 0.717) is 5.41 Å². The molecule has 2 bridgehead atoms. The van der Waals surface area contributed by atoms with Gasteiger partial charge in [0.25, 0.3) is 0 Å². The molecule has 0 aromatic rings. The van der Waals surface area contributed by atoms with E-state index in [9.17, 15) is 0 Å². The number of nitrogens with zero attached hydrogens (tertiary/aromatic N) is 1. The zero-order valence-corrected chi connectivity index (χ0v) is 9.23. The Morgan fingerprint density at radius 2 is 2.23 bits per heavy atom. The molecule has 0 aromatic heterocycles. The van der Waals surface area contributed by atoms with E-state index >= 15 is 0 Å². The smallest absolute Gasteiger partial charge is 0.0585 e. The van der Waals surface area contributed by atoms with E-state index in [2.05, 4.69) is 36.2 Å². The van der Waals surface area contributed by atoms with Gasteiger partial charge in [-0.25, -0.2) is 4.99 Å². The molecule has 0 saturated heterocycles. The highest BCUT2D eigenvalue weighted by molar-refractivity contribution is 7.78. The monoisotopic (exact) mass is 195 g/mol. The SMILES string of the molecule is CC1(C)[C@H]2CCC(CN=C=S)[C@@H]1C2. The molecule has 0 aromatic carbocycles. The Hall–Kier alpha value is -0.200. The molecule has 0 aliphatic heterocycles. The number of fused-ring (bicyclic) bond motifs is 2. The van der Waals surface area contributed by atoms with E-state index < -0.39 is 0 Å². The van der Waals surface area contributed by atoms with E-state index in [-0.39, 0.29) is 0 Å². The molecule has 72 valence electrons. The van der Waals surface area contributed by atoms with Crippen molar-refractivity contribution in [2.75, 3.05) is 6.54 Å². The Labute approximate surface area is 85.6 Å². The fraction of sp³-hybridized carbons (Fsp3) is 0.909. The molecule has 3 fully saturated rings. The number of rotatable bonds is 2. The van der Waals surface area contributed by atoms with Gasteiger partial charge in [0, 0.05) is 0 Å². The van der Waals surface area contributed by atoms with Crippen LogP contribution in [0.15, 0.2) is 4.99 Å². The Balaban J connectivity index is 2.02. The summed E-state index contributed by atoms with van der Waals surface area (Å²) in [5.41, 5.74) is 0.583. The number of hydrogen-bond donors (Lipinski definition) is 0. The molecule has 0 amide bonds. The Bertz CT molecular complexity index is 251. The molecule has 0 N–H and O–H groups in total. The predicted molar refractivity (Wildman–Crippen MR) is 58.0 cm³/mol. The minimum absolute atomic E-state index is 0.583. The number of isothiocyanates is 1. The molecule has 3 aliphatic rings. The summed E-state index contributed by atoms with van der Waals surface area (Å²) < 4.78 is 0. The second-order valence-corrected chi connectivity index (χ2v) is 5.31. The van der Waals surface area contributed by atoms with Crippen molar-refractivity contribution in [3.8, 4) is 0 Å². The van der Waals surface area contributed by atoms with Crippen LogP contribution in [0.5, 0.6) is 0 Å². The third-order valence-corrected chi connectivity index (χ3v) is 4.52. The van der Waals surface area contributed by atoms with Crippen molar-refractivity contribution >= 4 is 17.4 Å². The van der Waals surface area contributed by atoms with Crippen LogP contribution in [0.1, 0.15) is 33.1 Å². The van der Waals surface area contributed by atoms with Gasteiger partial charge in [0.05, 0.1) is 11.7 Å². The van der Waals surface area contributed by atoms with Crippen LogP contribution in [0.2, 0.25) is 0 Å². The van der Waals surface area contributed by atoms with Crippen molar-refractivity contribution in [2.24, 2.45) is 28.2 Å². The highest BCUT2D eigenvalue weighted by atomic mass is 32.1. The first-order chi connectivity index (χ1) is 6.16. The molecule has 0 radical (unpaired) electrons. The summed E-state index contributed by atoms with van der Waals surface area (Å²) in [7, 11) is 0. The van der Waals surface area contributed by atoms with Gasteiger partial charge in [0.2, 0.25) is 0 Å². The molecule has 3 atom stereocenters. The zero-order valence-electron chi connectivity index (χ0n) is 8.42. The van der Waals surface area contributed by atoms with Crippen molar-refractivity contribution in [2.45, 2.75) is 33.1 Å². The summed E-state index contributed by atoms with van der Waals surface area (Å²) in [4.78, 5) is 4.10. The maximum Gasteiger partial charge on any atom is 0.0585 e. The minimum atomic E-state index is 0.583. The van der Waals surface area contributed by atoms with Crippen molar-refractivity contribution < 1.29 is 0 Å². The molecule has 0 spiro atoms. The van der Waals surface area contributed by atoms with Crippen molar-refractivity contribution in [3.05, 3.63) is 0 Å². The van der Waals surface area contributed by atoms with Crippen molar-refractivity contribution in [3.63, 3.8) is 0 Å². The summed E-state index contributed by atoms with van der Waals surface area (Å²) in [5.74, 6) is 2.68.